The van der Waals surface area contributed by atoms with Crippen LogP contribution >= 0.6 is 23.1 Å². The third-order valence-corrected chi connectivity index (χ3v) is 5.90. The third kappa shape index (κ3) is 3.88. The van der Waals surface area contributed by atoms with Crippen molar-refractivity contribution >= 4 is 35.0 Å². The highest BCUT2D eigenvalue weighted by atomic mass is 32.2. The van der Waals surface area contributed by atoms with Gasteiger partial charge in [0.2, 0.25) is 5.91 Å². The fraction of sp³-hybridized carbons (Fsp3) is 0.222. The summed E-state index contributed by atoms with van der Waals surface area (Å²) in [6.45, 7) is 0.423. The number of benzene rings is 1. The monoisotopic (exact) mass is 399 g/mol. The van der Waals surface area contributed by atoms with Crippen molar-refractivity contribution in [2.45, 2.75) is 11.6 Å². The lowest BCUT2D eigenvalue weighted by molar-refractivity contribution is -0.124. The molecular weight excluding hydrogens is 382 g/mol. The number of hydrogen-bond acceptors (Lipinski definition) is 6. The molecule has 2 aromatic heterocycles. The number of nitrogens with one attached hydrogen (secondary N) is 1. The van der Waals surface area contributed by atoms with Crippen LogP contribution in [0, 0.1) is 0 Å². The molecule has 0 aliphatic carbocycles. The molecule has 138 valence electrons. The molecule has 9 heteroatoms. The molecular formula is C18H17N5O2S2. The summed E-state index contributed by atoms with van der Waals surface area (Å²) in [5, 5.41) is 14.1. The van der Waals surface area contributed by atoms with Crippen molar-refractivity contribution in [3.8, 4) is 5.69 Å². The van der Waals surface area contributed by atoms with E-state index in [4.69, 9.17) is 0 Å². The molecule has 1 fully saturated rings. The number of thioether (sulfide) groups is 1. The van der Waals surface area contributed by atoms with E-state index in [-0.39, 0.29) is 18.5 Å². The highest BCUT2D eigenvalue weighted by Gasteiger charge is 2.28. The van der Waals surface area contributed by atoms with Crippen LogP contribution < -0.4 is 5.32 Å². The average molecular weight is 400 g/mol. The van der Waals surface area contributed by atoms with E-state index < -0.39 is 0 Å². The van der Waals surface area contributed by atoms with Gasteiger partial charge in [-0.25, -0.2) is 4.79 Å². The SMILES string of the molecule is O=C1CNC(=O)N1CCSc1nnc(Cc2cccs2)n1-c1ccccc1. The van der Waals surface area contributed by atoms with Crippen molar-refractivity contribution in [3.63, 3.8) is 0 Å². The molecule has 1 aromatic carbocycles. The number of carbonyl (C=O) groups excluding carboxylic acids is 2. The van der Waals surface area contributed by atoms with E-state index in [1.807, 2.05) is 46.3 Å². The van der Waals surface area contributed by atoms with Crippen molar-refractivity contribution < 1.29 is 9.59 Å². The zero-order valence-corrected chi connectivity index (χ0v) is 16.0. The zero-order valence-electron chi connectivity index (χ0n) is 14.4. The smallest absolute Gasteiger partial charge is 0.324 e. The van der Waals surface area contributed by atoms with E-state index in [1.54, 1.807) is 11.3 Å². The van der Waals surface area contributed by atoms with Gasteiger partial charge < -0.3 is 5.32 Å². The second-order valence-electron chi connectivity index (χ2n) is 5.88. The van der Waals surface area contributed by atoms with Crippen LogP contribution in [0.15, 0.2) is 53.0 Å². The number of imide groups is 1. The van der Waals surface area contributed by atoms with Crippen LogP contribution in [-0.4, -0.2) is 50.4 Å². The number of thiophene rings is 1. The third-order valence-electron chi connectivity index (χ3n) is 4.11. The van der Waals surface area contributed by atoms with Crippen molar-refractivity contribution in [1.82, 2.24) is 25.0 Å². The standard InChI is InChI=1S/C18H17N5O2S2/c24-16-12-19-17(25)22(16)8-10-27-18-21-20-15(11-14-7-4-9-26-14)23(18)13-5-2-1-3-6-13/h1-7,9H,8,10-12H2,(H,19,25). The first-order valence-corrected chi connectivity index (χ1v) is 10.3. The number of aromatic nitrogens is 3. The maximum Gasteiger partial charge on any atom is 0.324 e. The van der Waals surface area contributed by atoms with Gasteiger partial charge in [-0.2, -0.15) is 0 Å². The molecule has 0 spiro atoms. The number of nitrogens with zero attached hydrogens (tertiary/aromatic N) is 4. The molecule has 3 heterocycles. The Kier molecular flexibility index (Phi) is 5.21. The van der Waals surface area contributed by atoms with Crippen LogP contribution in [-0.2, 0) is 11.2 Å². The molecule has 1 aliphatic rings. The molecule has 4 rings (SSSR count). The van der Waals surface area contributed by atoms with Crippen LogP contribution in [0.2, 0.25) is 0 Å². The fourth-order valence-corrected chi connectivity index (χ4v) is 4.42. The number of para-hydroxylation sites is 1. The van der Waals surface area contributed by atoms with Crippen LogP contribution in [0.5, 0.6) is 0 Å². The zero-order chi connectivity index (χ0) is 18.6. The number of carbonyl (C=O) groups is 2. The lowest BCUT2D eigenvalue weighted by atomic mass is 10.3. The molecule has 1 saturated heterocycles. The quantitative estimate of drug-likeness (QED) is 0.488. The summed E-state index contributed by atoms with van der Waals surface area (Å²) >= 11 is 3.17. The lowest BCUT2D eigenvalue weighted by Gasteiger charge is -2.12. The minimum atomic E-state index is -0.330. The topological polar surface area (TPSA) is 80.1 Å². The van der Waals surface area contributed by atoms with Crippen LogP contribution in [0.3, 0.4) is 0 Å². The Balaban J connectivity index is 1.54. The number of rotatable bonds is 7. The number of hydrogen-bond donors (Lipinski definition) is 1. The Morgan fingerprint density at radius 2 is 1.96 bits per heavy atom. The highest BCUT2D eigenvalue weighted by molar-refractivity contribution is 7.99. The van der Waals surface area contributed by atoms with Gasteiger partial charge in [-0.15, -0.1) is 21.5 Å². The molecule has 0 atom stereocenters. The van der Waals surface area contributed by atoms with Crippen molar-refractivity contribution in [2.75, 3.05) is 18.8 Å². The molecule has 0 saturated carbocycles. The lowest BCUT2D eigenvalue weighted by Crippen LogP contribution is -2.32. The summed E-state index contributed by atoms with van der Waals surface area (Å²) < 4.78 is 2.04. The second-order valence-corrected chi connectivity index (χ2v) is 7.97. The normalized spacial score (nSPS) is 14.0. The van der Waals surface area contributed by atoms with Gasteiger partial charge in [0.05, 0.1) is 6.54 Å². The second kappa shape index (κ2) is 7.93. The van der Waals surface area contributed by atoms with E-state index >= 15 is 0 Å². The van der Waals surface area contributed by atoms with Crippen LogP contribution in [0.4, 0.5) is 4.79 Å². The van der Waals surface area contributed by atoms with Gasteiger partial charge in [0.25, 0.3) is 0 Å². The molecule has 1 N–H and O–H groups in total. The van der Waals surface area contributed by atoms with Crippen LogP contribution in [0.25, 0.3) is 5.69 Å². The summed E-state index contributed by atoms with van der Waals surface area (Å²) in [5.41, 5.74) is 0.992. The first kappa shape index (κ1) is 17.7. The van der Waals surface area contributed by atoms with Gasteiger partial charge in [-0.3, -0.25) is 14.3 Å². The van der Waals surface area contributed by atoms with Gasteiger partial charge in [-0.1, -0.05) is 36.0 Å². The largest absolute Gasteiger partial charge is 0.329 e. The maximum atomic E-state index is 11.7. The highest BCUT2D eigenvalue weighted by Crippen LogP contribution is 2.24. The molecule has 1 aliphatic heterocycles. The molecule has 27 heavy (non-hydrogen) atoms. The predicted molar refractivity (Wildman–Crippen MR) is 104 cm³/mol. The average Bonchev–Trinajstić information content (AvgIpc) is 3.40. The minimum Gasteiger partial charge on any atom is -0.329 e. The Bertz CT molecular complexity index is 924. The molecule has 3 amide bonds. The first-order chi connectivity index (χ1) is 13.2. The van der Waals surface area contributed by atoms with Gasteiger partial charge in [-0.05, 0) is 23.6 Å². The molecule has 0 bridgehead atoms. The predicted octanol–water partition coefficient (Wildman–Crippen LogP) is 2.56. The Morgan fingerprint density at radius 1 is 1.11 bits per heavy atom. The first-order valence-electron chi connectivity index (χ1n) is 8.45. The summed E-state index contributed by atoms with van der Waals surface area (Å²) in [4.78, 5) is 25.8. The summed E-state index contributed by atoms with van der Waals surface area (Å²) in [6, 6.07) is 13.7. The molecule has 0 radical (unpaired) electrons. The Hall–Kier alpha value is -2.65. The van der Waals surface area contributed by atoms with E-state index in [2.05, 4.69) is 21.6 Å². The molecule has 0 unspecified atom stereocenters. The van der Waals surface area contributed by atoms with Gasteiger partial charge in [0, 0.05) is 29.3 Å². The van der Waals surface area contributed by atoms with Crippen molar-refractivity contribution in [2.24, 2.45) is 0 Å². The van der Waals surface area contributed by atoms with E-state index in [0.29, 0.717) is 18.7 Å². The van der Waals surface area contributed by atoms with E-state index in [1.165, 1.54) is 21.5 Å². The summed E-state index contributed by atoms with van der Waals surface area (Å²) in [7, 11) is 0. The summed E-state index contributed by atoms with van der Waals surface area (Å²) in [6.07, 6.45) is 0.702. The fourth-order valence-electron chi connectivity index (χ4n) is 2.82. The van der Waals surface area contributed by atoms with Crippen molar-refractivity contribution in [1.29, 1.82) is 0 Å². The van der Waals surface area contributed by atoms with E-state index in [0.717, 1.165) is 16.7 Å². The molecule has 7 nitrogen and oxygen atoms in total. The van der Waals surface area contributed by atoms with Crippen LogP contribution in [0.1, 0.15) is 10.7 Å². The maximum absolute atomic E-state index is 11.7. The van der Waals surface area contributed by atoms with Gasteiger partial charge in [0.1, 0.15) is 5.82 Å². The molecule has 3 aromatic rings. The minimum absolute atomic E-state index is 0.0780. The van der Waals surface area contributed by atoms with Crippen molar-refractivity contribution in [3.05, 3.63) is 58.5 Å². The Labute approximate surface area is 164 Å². The van der Waals surface area contributed by atoms with Gasteiger partial charge >= 0.3 is 6.03 Å². The number of urea groups is 1. The summed E-state index contributed by atoms with van der Waals surface area (Å²) in [5.74, 6) is 1.23. The number of amides is 3. The Morgan fingerprint density at radius 3 is 2.67 bits per heavy atom. The van der Waals surface area contributed by atoms with E-state index in [9.17, 15) is 9.59 Å². The van der Waals surface area contributed by atoms with Gasteiger partial charge in [0.15, 0.2) is 5.16 Å².